The maximum Gasteiger partial charge on any atom is 0.115 e. The number of thiophene rings is 1. The zero-order valence-corrected chi connectivity index (χ0v) is 12.6. The number of phenolic OH excluding ortho intramolecular Hbond substituents is 1. The quantitative estimate of drug-likeness (QED) is 0.889. The molecule has 3 rings (SSSR count). The van der Waals surface area contributed by atoms with Crippen LogP contribution in [0.5, 0.6) is 5.75 Å². The van der Waals surface area contributed by atoms with Gasteiger partial charge in [-0.05, 0) is 67.3 Å². The number of aryl methyl sites for hydroxylation is 1. The molecule has 1 aromatic heterocycles. The monoisotopic (exact) mass is 287 g/mol. The summed E-state index contributed by atoms with van der Waals surface area (Å²) in [5, 5.41) is 15.5. The van der Waals surface area contributed by atoms with Crippen LogP contribution < -0.4 is 5.32 Å². The van der Waals surface area contributed by atoms with Crippen LogP contribution >= 0.6 is 11.3 Å². The second-order valence-corrected chi connectivity index (χ2v) is 6.71. The lowest BCUT2D eigenvalue weighted by molar-refractivity contribution is 0.406. The van der Waals surface area contributed by atoms with E-state index in [-0.39, 0.29) is 0 Å². The fourth-order valence-corrected chi connectivity index (χ4v) is 3.94. The minimum atomic E-state index is 0.385. The molecule has 0 fully saturated rings. The highest BCUT2D eigenvalue weighted by Gasteiger charge is 2.21. The van der Waals surface area contributed by atoms with E-state index in [0.717, 1.165) is 12.8 Å². The van der Waals surface area contributed by atoms with Gasteiger partial charge in [-0.2, -0.15) is 0 Å². The van der Waals surface area contributed by atoms with E-state index in [1.165, 1.54) is 28.8 Å². The predicted octanol–water partition coefficient (Wildman–Crippen LogP) is 4.05. The lowest BCUT2D eigenvalue weighted by Gasteiger charge is -2.29. The Morgan fingerprint density at radius 1 is 1.40 bits per heavy atom. The van der Waals surface area contributed by atoms with Crippen molar-refractivity contribution in [2.75, 3.05) is 0 Å². The third kappa shape index (κ3) is 3.05. The second-order valence-electron chi connectivity index (χ2n) is 5.68. The number of phenols is 1. The number of rotatable bonds is 4. The lowest BCUT2D eigenvalue weighted by atomic mass is 9.87. The number of aromatic hydroxyl groups is 1. The summed E-state index contributed by atoms with van der Waals surface area (Å²) in [6, 6.07) is 11.0. The van der Waals surface area contributed by atoms with E-state index in [1.807, 2.05) is 23.5 Å². The standard InChI is InChI=1S/C17H21NOS/c1-12(10-15-5-3-9-20-15)18-17-6-2-4-13-11-14(19)7-8-16(13)17/h3,5,7-9,11-12,17-19H,2,4,6,10H2,1H3. The molecule has 1 aliphatic rings. The molecule has 106 valence electrons. The molecule has 3 heteroatoms. The van der Waals surface area contributed by atoms with E-state index in [4.69, 9.17) is 0 Å². The van der Waals surface area contributed by atoms with Crippen LogP contribution in [0.25, 0.3) is 0 Å². The SMILES string of the molecule is CC(Cc1cccs1)NC1CCCc2cc(O)ccc21. The molecule has 2 aromatic rings. The third-order valence-electron chi connectivity index (χ3n) is 4.01. The van der Waals surface area contributed by atoms with Crippen LogP contribution in [0.15, 0.2) is 35.7 Å². The van der Waals surface area contributed by atoms with Gasteiger partial charge in [0.05, 0.1) is 0 Å². The van der Waals surface area contributed by atoms with E-state index in [1.54, 1.807) is 0 Å². The van der Waals surface area contributed by atoms with Gasteiger partial charge in [0.15, 0.2) is 0 Å². The van der Waals surface area contributed by atoms with Gasteiger partial charge in [-0.25, -0.2) is 0 Å². The minimum absolute atomic E-state index is 0.385. The summed E-state index contributed by atoms with van der Waals surface area (Å²) in [7, 11) is 0. The highest BCUT2D eigenvalue weighted by Crippen LogP contribution is 2.32. The molecule has 0 spiro atoms. The van der Waals surface area contributed by atoms with Gasteiger partial charge in [-0.1, -0.05) is 12.1 Å². The van der Waals surface area contributed by atoms with Gasteiger partial charge in [0.25, 0.3) is 0 Å². The fourth-order valence-electron chi connectivity index (χ4n) is 3.11. The van der Waals surface area contributed by atoms with E-state index >= 15 is 0 Å². The van der Waals surface area contributed by atoms with Gasteiger partial charge in [0.1, 0.15) is 5.75 Å². The summed E-state index contributed by atoms with van der Waals surface area (Å²) < 4.78 is 0. The van der Waals surface area contributed by atoms with Crippen molar-refractivity contribution in [2.45, 2.75) is 44.7 Å². The maximum absolute atomic E-state index is 9.61. The maximum atomic E-state index is 9.61. The number of fused-ring (bicyclic) bond motifs is 1. The van der Waals surface area contributed by atoms with Crippen LogP contribution in [0.3, 0.4) is 0 Å². The Labute approximate surface area is 124 Å². The number of nitrogens with one attached hydrogen (secondary N) is 1. The Bertz CT molecular complexity index is 564. The zero-order valence-electron chi connectivity index (χ0n) is 11.8. The largest absolute Gasteiger partial charge is 0.508 e. The van der Waals surface area contributed by atoms with Crippen molar-refractivity contribution in [1.82, 2.24) is 5.32 Å². The fraction of sp³-hybridized carbons (Fsp3) is 0.412. The van der Waals surface area contributed by atoms with Gasteiger partial charge >= 0.3 is 0 Å². The molecule has 0 aliphatic heterocycles. The third-order valence-corrected chi connectivity index (χ3v) is 4.91. The molecule has 2 atom stereocenters. The van der Waals surface area contributed by atoms with E-state index in [2.05, 4.69) is 35.8 Å². The predicted molar refractivity (Wildman–Crippen MR) is 84.4 cm³/mol. The van der Waals surface area contributed by atoms with Crippen molar-refractivity contribution in [3.8, 4) is 5.75 Å². The number of hydrogen-bond acceptors (Lipinski definition) is 3. The number of benzene rings is 1. The topological polar surface area (TPSA) is 32.3 Å². The van der Waals surface area contributed by atoms with Gasteiger partial charge in [0, 0.05) is 17.0 Å². The summed E-state index contributed by atoms with van der Waals surface area (Å²) in [5.41, 5.74) is 2.67. The van der Waals surface area contributed by atoms with Crippen molar-refractivity contribution in [2.24, 2.45) is 0 Å². The van der Waals surface area contributed by atoms with Crippen molar-refractivity contribution in [3.63, 3.8) is 0 Å². The van der Waals surface area contributed by atoms with E-state index in [0.29, 0.717) is 17.8 Å². The smallest absolute Gasteiger partial charge is 0.115 e. The van der Waals surface area contributed by atoms with Crippen LogP contribution in [0.2, 0.25) is 0 Å². The van der Waals surface area contributed by atoms with Crippen molar-refractivity contribution in [1.29, 1.82) is 0 Å². The first kappa shape index (κ1) is 13.7. The molecule has 1 aliphatic carbocycles. The molecule has 2 nitrogen and oxygen atoms in total. The first-order valence-corrected chi connectivity index (χ1v) is 8.20. The van der Waals surface area contributed by atoms with Gasteiger partial charge in [0.2, 0.25) is 0 Å². The van der Waals surface area contributed by atoms with Crippen molar-refractivity contribution < 1.29 is 5.11 Å². The lowest BCUT2D eigenvalue weighted by Crippen LogP contribution is -2.33. The highest BCUT2D eigenvalue weighted by molar-refractivity contribution is 7.09. The van der Waals surface area contributed by atoms with Gasteiger partial charge in [-0.3, -0.25) is 0 Å². The summed E-state index contributed by atoms with van der Waals surface area (Å²) in [5.74, 6) is 0.385. The molecule has 1 heterocycles. The first-order chi connectivity index (χ1) is 9.72. The van der Waals surface area contributed by atoms with E-state index < -0.39 is 0 Å². The second kappa shape index (κ2) is 5.98. The van der Waals surface area contributed by atoms with Crippen molar-refractivity contribution in [3.05, 3.63) is 51.7 Å². The number of hydrogen-bond donors (Lipinski definition) is 2. The molecule has 0 radical (unpaired) electrons. The summed E-state index contributed by atoms with van der Waals surface area (Å²) in [4.78, 5) is 1.44. The summed E-state index contributed by atoms with van der Waals surface area (Å²) in [6.45, 7) is 2.26. The Hall–Kier alpha value is -1.32. The molecular weight excluding hydrogens is 266 g/mol. The summed E-state index contributed by atoms with van der Waals surface area (Å²) >= 11 is 1.83. The molecular formula is C17H21NOS. The molecule has 0 saturated carbocycles. The Morgan fingerprint density at radius 2 is 2.30 bits per heavy atom. The van der Waals surface area contributed by atoms with Crippen LogP contribution in [-0.4, -0.2) is 11.1 Å². The Morgan fingerprint density at radius 3 is 3.10 bits per heavy atom. The average Bonchev–Trinajstić information content (AvgIpc) is 2.91. The van der Waals surface area contributed by atoms with Gasteiger partial charge < -0.3 is 10.4 Å². The average molecular weight is 287 g/mol. The molecule has 0 amide bonds. The van der Waals surface area contributed by atoms with Crippen LogP contribution in [0.1, 0.15) is 41.8 Å². The molecule has 0 saturated heterocycles. The Kier molecular flexibility index (Phi) is 4.08. The van der Waals surface area contributed by atoms with Crippen LogP contribution in [-0.2, 0) is 12.8 Å². The minimum Gasteiger partial charge on any atom is -0.508 e. The van der Waals surface area contributed by atoms with Gasteiger partial charge in [-0.15, -0.1) is 11.3 Å². The van der Waals surface area contributed by atoms with E-state index in [9.17, 15) is 5.11 Å². The molecule has 2 unspecified atom stereocenters. The highest BCUT2D eigenvalue weighted by atomic mass is 32.1. The van der Waals surface area contributed by atoms with Crippen molar-refractivity contribution >= 4 is 11.3 Å². The normalized spacial score (nSPS) is 19.6. The first-order valence-electron chi connectivity index (χ1n) is 7.32. The van der Waals surface area contributed by atoms with Crippen LogP contribution in [0.4, 0.5) is 0 Å². The zero-order chi connectivity index (χ0) is 13.9. The van der Waals surface area contributed by atoms with Crippen LogP contribution in [0, 0.1) is 0 Å². The molecule has 1 aromatic carbocycles. The molecule has 20 heavy (non-hydrogen) atoms. The molecule has 0 bridgehead atoms. The summed E-state index contributed by atoms with van der Waals surface area (Å²) in [6.07, 6.45) is 4.55. The Balaban J connectivity index is 1.69. The molecule has 2 N–H and O–H groups in total.